The van der Waals surface area contributed by atoms with Gasteiger partial charge in [0.2, 0.25) is 0 Å². The molecule has 0 N–H and O–H groups in total. The maximum atomic E-state index is 5.78. The number of rotatable bonds is 9. The van der Waals surface area contributed by atoms with Crippen molar-refractivity contribution in [2.24, 2.45) is 0 Å². The first kappa shape index (κ1) is 18.4. The summed E-state index contributed by atoms with van der Waals surface area (Å²) in [6, 6.07) is 3.95. The summed E-state index contributed by atoms with van der Waals surface area (Å²) >= 11 is 1.62. The quantitative estimate of drug-likeness (QED) is 0.632. The van der Waals surface area contributed by atoms with Gasteiger partial charge in [0.15, 0.2) is 5.16 Å². The highest BCUT2D eigenvalue weighted by atomic mass is 32.2. The molecule has 1 atom stereocenters. The van der Waals surface area contributed by atoms with E-state index in [1.807, 2.05) is 18.4 Å². The van der Waals surface area contributed by atoms with E-state index in [9.17, 15) is 0 Å². The second-order valence-electron chi connectivity index (χ2n) is 6.32. The third-order valence-corrected chi connectivity index (χ3v) is 4.89. The van der Waals surface area contributed by atoms with Crippen molar-refractivity contribution in [2.75, 3.05) is 27.0 Å². The Morgan fingerprint density at radius 3 is 2.88 bits per heavy atom. The van der Waals surface area contributed by atoms with Crippen LogP contribution in [0.4, 0.5) is 0 Å². The summed E-state index contributed by atoms with van der Waals surface area (Å²) in [5.74, 6) is 2.73. The average Bonchev–Trinajstić information content (AvgIpc) is 3.32. The molecule has 3 heterocycles. The van der Waals surface area contributed by atoms with Crippen molar-refractivity contribution in [3.8, 4) is 0 Å². The van der Waals surface area contributed by atoms with E-state index < -0.39 is 0 Å². The summed E-state index contributed by atoms with van der Waals surface area (Å²) in [4.78, 5) is 2.18. The van der Waals surface area contributed by atoms with Crippen molar-refractivity contribution in [3.63, 3.8) is 0 Å². The Balaban J connectivity index is 1.63. The number of ether oxygens (including phenoxy) is 2. The van der Waals surface area contributed by atoms with E-state index in [1.165, 1.54) is 0 Å². The Labute approximate surface area is 152 Å². The van der Waals surface area contributed by atoms with Gasteiger partial charge in [-0.2, -0.15) is 0 Å². The van der Waals surface area contributed by atoms with E-state index in [2.05, 4.69) is 26.7 Å². The highest BCUT2D eigenvalue weighted by molar-refractivity contribution is 7.98. The van der Waals surface area contributed by atoms with Crippen LogP contribution in [0.15, 0.2) is 21.7 Å². The molecule has 0 saturated carbocycles. The molecule has 0 radical (unpaired) electrons. The third kappa shape index (κ3) is 4.84. The third-order valence-electron chi connectivity index (χ3n) is 4.23. The summed E-state index contributed by atoms with van der Waals surface area (Å²) < 4.78 is 18.8. The number of hydrogen-bond acceptors (Lipinski definition) is 7. The van der Waals surface area contributed by atoms with Gasteiger partial charge >= 0.3 is 0 Å². The molecule has 2 aromatic rings. The number of thioether (sulfide) groups is 1. The Kier molecular flexibility index (Phi) is 6.52. The molecular formula is C17H26N4O3S. The Morgan fingerprint density at radius 1 is 1.32 bits per heavy atom. The first-order valence-corrected chi connectivity index (χ1v) is 9.74. The van der Waals surface area contributed by atoms with Gasteiger partial charge in [-0.05, 0) is 38.3 Å². The maximum absolute atomic E-state index is 5.78. The molecule has 0 bridgehead atoms. The van der Waals surface area contributed by atoms with Gasteiger partial charge in [0.25, 0.3) is 0 Å². The normalized spacial score (nSPS) is 17.7. The van der Waals surface area contributed by atoms with E-state index in [1.54, 1.807) is 18.9 Å². The van der Waals surface area contributed by atoms with Crippen molar-refractivity contribution < 1.29 is 13.9 Å². The molecule has 1 aliphatic heterocycles. The van der Waals surface area contributed by atoms with Crippen LogP contribution in [0.25, 0.3) is 0 Å². The fourth-order valence-electron chi connectivity index (χ4n) is 3.05. The van der Waals surface area contributed by atoms with Gasteiger partial charge in [-0.3, -0.25) is 4.90 Å². The summed E-state index contributed by atoms with van der Waals surface area (Å²) in [5, 5.41) is 9.65. The van der Waals surface area contributed by atoms with Crippen molar-refractivity contribution >= 4 is 11.8 Å². The lowest BCUT2D eigenvalue weighted by atomic mass is 10.2. The van der Waals surface area contributed by atoms with Crippen LogP contribution in [-0.4, -0.2) is 52.8 Å². The highest BCUT2D eigenvalue weighted by Crippen LogP contribution is 2.21. The topological polar surface area (TPSA) is 65.5 Å². The fraction of sp³-hybridized carbons (Fsp3) is 0.647. The van der Waals surface area contributed by atoms with Crippen LogP contribution >= 0.6 is 11.8 Å². The van der Waals surface area contributed by atoms with Crippen LogP contribution in [0.2, 0.25) is 0 Å². The number of aromatic nitrogens is 3. The lowest BCUT2D eigenvalue weighted by Gasteiger charge is -2.18. The highest BCUT2D eigenvalue weighted by Gasteiger charge is 2.21. The molecule has 2 aromatic heterocycles. The summed E-state index contributed by atoms with van der Waals surface area (Å²) in [6.07, 6.45) is 4.55. The van der Waals surface area contributed by atoms with Crippen LogP contribution in [0.3, 0.4) is 0 Å². The first-order chi connectivity index (χ1) is 12.2. The van der Waals surface area contributed by atoms with E-state index in [4.69, 9.17) is 13.9 Å². The monoisotopic (exact) mass is 366 g/mol. The molecule has 1 saturated heterocycles. The molecule has 0 unspecified atom stereocenters. The Bertz CT molecular complexity index is 667. The van der Waals surface area contributed by atoms with Crippen molar-refractivity contribution in [2.45, 2.75) is 50.3 Å². The summed E-state index contributed by atoms with van der Waals surface area (Å²) in [6.45, 7) is 3.60. The largest absolute Gasteiger partial charge is 0.462 e. The predicted molar refractivity (Wildman–Crippen MR) is 95.4 cm³/mol. The minimum Gasteiger partial charge on any atom is -0.462 e. The second kappa shape index (κ2) is 8.84. The van der Waals surface area contributed by atoms with E-state index in [0.29, 0.717) is 19.7 Å². The SMILES string of the molecule is COCc1ccc(CN(C)Cc2nnc(SC)n2C[C@H]2CCCO2)o1. The molecule has 0 aromatic carbocycles. The van der Waals surface area contributed by atoms with Gasteiger partial charge in [-0.1, -0.05) is 11.8 Å². The number of furan rings is 1. The molecule has 0 amide bonds. The molecule has 0 spiro atoms. The van der Waals surface area contributed by atoms with Gasteiger partial charge < -0.3 is 18.5 Å². The molecule has 0 aliphatic carbocycles. The molecule has 25 heavy (non-hydrogen) atoms. The minimum atomic E-state index is 0.271. The zero-order chi connectivity index (χ0) is 17.6. The van der Waals surface area contributed by atoms with Gasteiger partial charge in [0, 0.05) is 13.7 Å². The van der Waals surface area contributed by atoms with E-state index in [-0.39, 0.29) is 6.10 Å². The predicted octanol–water partition coefficient (Wildman–Crippen LogP) is 2.55. The van der Waals surface area contributed by atoms with E-state index in [0.717, 1.165) is 48.5 Å². The van der Waals surface area contributed by atoms with Gasteiger partial charge in [-0.25, -0.2) is 0 Å². The Hall–Kier alpha value is -1.35. The molecule has 1 fully saturated rings. The van der Waals surface area contributed by atoms with Gasteiger partial charge in [0.05, 0.1) is 25.7 Å². The fourth-order valence-corrected chi connectivity index (χ4v) is 3.58. The molecule has 7 nitrogen and oxygen atoms in total. The second-order valence-corrected chi connectivity index (χ2v) is 7.10. The first-order valence-electron chi connectivity index (χ1n) is 8.52. The molecule has 3 rings (SSSR count). The zero-order valence-electron chi connectivity index (χ0n) is 15.1. The van der Waals surface area contributed by atoms with Crippen molar-refractivity contribution in [3.05, 3.63) is 29.5 Å². The van der Waals surface area contributed by atoms with Crippen LogP contribution in [0.1, 0.15) is 30.2 Å². The van der Waals surface area contributed by atoms with Crippen LogP contribution in [0.5, 0.6) is 0 Å². The smallest absolute Gasteiger partial charge is 0.191 e. The lowest BCUT2D eigenvalue weighted by molar-refractivity contribution is 0.0933. The van der Waals surface area contributed by atoms with Gasteiger partial charge in [0.1, 0.15) is 24.0 Å². The number of methoxy groups -OCH3 is 1. The minimum absolute atomic E-state index is 0.271. The number of nitrogens with zero attached hydrogens (tertiary/aromatic N) is 4. The summed E-state index contributed by atoms with van der Waals surface area (Å²) in [5.41, 5.74) is 0. The summed E-state index contributed by atoms with van der Waals surface area (Å²) in [7, 11) is 3.72. The van der Waals surface area contributed by atoms with Crippen LogP contribution in [-0.2, 0) is 35.7 Å². The van der Waals surface area contributed by atoms with Crippen molar-refractivity contribution in [1.29, 1.82) is 0 Å². The molecule has 138 valence electrons. The zero-order valence-corrected chi connectivity index (χ0v) is 15.9. The lowest BCUT2D eigenvalue weighted by Crippen LogP contribution is -2.23. The number of hydrogen-bond donors (Lipinski definition) is 0. The van der Waals surface area contributed by atoms with Crippen LogP contribution in [0, 0.1) is 0 Å². The van der Waals surface area contributed by atoms with E-state index >= 15 is 0 Å². The Morgan fingerprint density at radius 2 is 2.16 bits per heavy atom. The molecule has 1 aliphatic rings. The van der Waals surface area contributed by atoms with Crippen molar-refractivity contribution in [1.82, 2.24) is 19.7 Å². The molecule has 8 heteroatoms. The standard InChI is InChI=1S/C17H26N4O3S/c1-20(9-14-6-7-15(24-14)12-22-2)11-16-18-19-17(25-3)21(16)10-13-5-4-8-23-13/h6-7,13H,4-5,8-12H2,1-3H3/t13-/m1/s1. The maximum Gasteiger partial charge on any atom is 0.191 e. The van der Waals surface area contributed by atoms with Crippen LogP contribution < -0.4 is 0 Å². The van der Waals surface area contributed by atoms with Gasteiger partial charge in [-0.15, -0.1) is 10.2 Å². The molecular weight excluding hydrogens is 340 g/mol. The average molecular weight is 366 g/mol.